The first kappa shape index (κ1) is 16.4. The summed E-state index contributed by atoms with van der Waals surface area (Å²) >= 11 is 0. The molecule has 1 aromatic carbocycles. The van der Waals surface area contributed by atoms with E-state index in [0.29, 0.717) is 37.6 Å². The number of rotatable bonds is 3. The molecule has 3 rings (SSSR count). The van der Waals surface area contributed by atoms with Gasteiger partial charge >= 0.3 is 0 Å². The van der Waals surface area contributed by atoms with E-state index >= 15 is 0 Å². The zero-order valence-electron chi connectivity index (χ0n) is 11.8. The predicted molar refractivity (Wildman–Crippen MR) is 82.6 cm³/mol. The molecule has 8 heteroatoms. The van der Waals surface area contributed by atoms with E-state index in [2.05, 4.69) is 15.5 Å². The van der Waals surface area contributed by atoms with E-state index in [4.69, 9.17) is 15.0 Å². The molecular weight excluding hydrogens is 308 g/mol. The summed E-state index contributed by atoms with van der Waals surface area (Å²) in [6.45, 7) is 1.03. The minimum atomic E-state index is -0.857. The SMILES string of the molecule is Cl.NC1(C(=O)Nc2ccc(-c3ncon3)cc2)CCOCC1. The molecule has 0 saturated carbocycles. The molecular formula is C14H17ClN4O3. The number of benzene rings is 1. The Morgan fingerprint density at radius 1 is 1.23 bits per heavy atom. The lowest BCUT2D eigenvalue weighted by Gasteiger charge is -2.31. The molecule has 2 aromatic rings. The highest BCUT2D eigenvalue weighted by Gasteiger charge is 2.35. The van der Waals surface area contributed by atoms with Gasteiger partial charge in [0, 0.05) is 24.5 Å². The molecule has 0 unspecified atom stereocenters. The van der Waals surface area contributed by atoms with Crippen LogP contribution in [-0.2, 0) is 9.53 Å². The van der Waals surface area contributed by atoms with Gasteiger partial charge in [-0.3, -0.25) is 4.79 Å². The van der Waals surface area contributed by atoms with Crippen LogP contribution >= 0.6 is 12.4 Å². The highest BCUT2D eigenvalue weighted by molar-refractivity contribution is 5.98. The summed E-state index contributed by atoms with van der Waals surface area (Å²) in [5.74, 6) is 0.325. The topological polar surface area (TPSA) is 103 Å². The summed E-state index contributed by atoms with van der Waals surface area (Å²) in [5.41, 5.74) is 6.78. The number of halogens is 1. The van der Waals surface area contributed by atoms with Crippen LogP contribution in [0.2, 0.25) is 0 Å². The maximum atomic E-state index is 12.3. The lowest BCUT2D eigenvalue weighted by molar-refractivity contribution is -0.124. The average molecular weight is 325 g/mol. The molecule has 2 heterocycles. The summed E-state index contributed by atoms with van der Waals surface area (Å²) < 4.78 is 9.94. The summed E-state index contributed by atoms with van der Waals surface area (Å²) in [6, 6.07) is 7.19. The maximum Gasteiger partial charge on any atom is 0.244 e. The average Bonchev–Trinajstić information content (AvgIpc) is 3.03. The molecule has 22 heavy (non-hydrogen) atoms. The van der Waals surface area contributed by atoms with Gasteiger partial charge in [-0.15, -0.1) is 12.4 Å². The molecule has 0 bridgehead atoms. The van der Waals surface area contributed by atoms with E-state index in [-0.39, 0.29) is 18.3 Å². The Labute approximate surface area is 133 Å². The number of anilines is 1. The van der Waals surface area contributed by atoms with Crippen molar-refractivity contribution in [3.8, 4) is 11.4 Å². The van der Waals surface area contributed by atoms with Gasteiger partial charge in [-0.2, -0.15) is 4.98 Å². The summed E-state index contributed by atoms with van der Waals surface area (Å²) in [5, 5.41) is 6.60. The fraction of sp³-hybridized carbons (Fsp3) is 0.357. The van der Waals surface area contributed by atoms with Crippen LogP contribution in [0.5, 0.6) is 0 Å². The number of hydrogen-bond donors (Lipinski definition) is 2. The van der Waals surface area contributed by atoms with Gasteiger partial charge in [-0.25, -0.2) is 0 Å². The Bertz CT molecular complexity index is 610. The Morgan fingerprint density at radius 2 is 1.91 bits per heavy atom. The van der Waals surface area contributed by atoms with Crippen LogP contribution in [0.1, 0.15) is 12.8 Å². The summed E-state index contributed by atoms with van der Waals surface area (Å²) in [6.07, 6.45) is 2.33. The van der Waals surface area contributed by atoms with E-state index in [1.165, 1.54) is 6.39 Å². The van der Waals surface area contributed by atoms with Gasteiger partial charge in [0.15, 0.2) is 0 Å². The first-order valence-electron chi connectivity index (χ1n) is 6.72. The molecule has 0 radical (unpaired) electrons. The van der Waals surface area contributed by atoms with E-state index in [0.717, 1.165) is 5.56 Å². The van der Waals surface area contributed by atoms with Crippen LogP contribution in [0.25, 0.3) is 11.4 Å². The first-order chi connectivity index (χ1) is 10.2. The van der Waals surface area contributed by atoms with Crippen molar-refractivity contribution in [2.24, 2.45) is 5.73 Å². The highest BCUT2D eigenvalue weighted by atomic mass is 35.5. The molecule has 1 aliphatic rings. The largest absolute Gasteiger partial charge is 0.381 e. The van der Waals surface area contributed by atoms with Crippen molar-refractivity contribution in [2.45, 2.75) is 18.4 Å². The number of carbonyl (C=O) groups excluding carboxylic acids is 1. The van der Waals surface area contributed by atoms with Gasteiger partial charge in [0.05, 0.1) is 0 Å². The Morgan fingerprint density at radius 3 is 2.50 bits per heavy atom. The molecule has 3 N–H and O–H groups in total. The van der Waals surface area contributed by atoms with Crippen LogP contribution in [0.15, 0.2) is 35.2 Å². The van der Waals surface area contributed by atoms with E-state index in [1.54, 1.807) is 12.1 Å². The number of hydrogen-bond acceptors (Lipinski definition) is 6. The molecule has 0 aliphatic carbocycles. The number of nitrogens with two attached hydrogens (primary N) is 1. The molecule has 7 nitrogen and oxygen atoms in total. The monoisotopic (exact) mass is 324 g/mol. The van der Waals surface area contributed by atoms with Crippen molar-refractivity contribution >= 4 is 24.0 Å². The molecule has 118 valence electrons. The molecule has 1 aromatic heterocycles. The van der Waals surface area contributed by atoms with Crippen molar-refractivity contribution in [1.29, 1.82) is 0 Å². The fourth-order valence-electron chi connectivity index (χ4n) is 2.22. The Hall–Kier alpha value is -1.96. The van der Waals surface area contributed by atoms with E-state index in [1.807, 2.05) is 12.1 Å². The van der Waals surface area contributed by atoms with Crippen molar-refractivity contribution in [3.63, 3.8) is 0 Å². The zero-order valence-corrected chi connectivity index (χ0v) is 12.6. The summed E-state index contributed by atoms with van der Waals surface area (Å²) in [7, 11) is 0. The first-order valence-corrected chi connectivity index (χ1v) is 6.72. The van der Waals surface area contributed by atoms with Gasteiger partial charge in [-0.1, -0.05) is 5.16 Å². The van der Waals surface area contributed by atoms with Crippen LogP contribution in [0, 0.1) is 0 Å². The predicted octanol–water partition coefficient (Wildman–Crippen LogP) is 1.60. The summed E-state index contributed by atoms with van der Waals surface area (Å²) in [4.78, 5) is 16.2. The quantitative estimate of drug-likeness (QED) is 0.889. The van der Waals surface area contributed by atoms with Crippen molar-refractivity contribution in [3.05, 3.63) is 30.7 Å². The standard InChI is InChI=1S/C14H16N4O3.ClH/c15-14(5-7-20-8-6-14)13(19)17-11-3-1-10(2-4-11)12-16-9-21-18-12;/h1-4,9H,5-8,15H2,(H,17,19);1H. The molecule has 0 atom stereocenters. The normalized spacial score (nSPS) is 16.6. The van der Waals surface area contributed by atoms with Gasteiger partial charge < -0.3 is 20.3 Å². The zero-order chi connectivity index (χ0) is 14.7. The molecule has 1 aliphatic heterocycles. The lowest BCUT2D eigenvalue weighted by atomic mass is 9.90. The second-order valence-corrected chi connectivity index (χ2v) is 5.05. The van der Waals surface area contributed by atoms with Crippen molar-refractivity contribution in [2.75, 3.05) is 18.5 Å². The van der Waals surface area contributed by atoms with Crippen LogP contribution < -0.4 is 11.1 Å². The molecule has 1 fully saturated rings. The van der Waals surface area contributed by atoms with Crippen LogP contribution in [-0.4, -0.2) is 34.8 Å². The minimum Gasteiger partial charge on any atom is -0.381 e. The smallest absolute Gasteiger partial charge is 0.244 e. The Kier molecular flexibility index (Phi) is 5.12. The van der Waals surface area contributed by atoms with Crippen LogP contribution in [0.4, 0.5) is 5.69 Å². The van der Waals surface area contributed by atoms with Gasteiger partial charge in [-0.05, 0) is 37.1 Å². The molecule has 1 amide bonds. The number of carbonyl (C=O) groups is 1. The number of nitrogens with one attached hydrogen (secondary N) is 1. The second-order valence-electron chi connectivity index (χ2n) is 5.05. The Balaban J connectivity index is 0.00000176. The van der Waals surface area contributed by atoms with E-state index < -0.39 is 5.54 Å². The molecule has 0 spiro atoms. The minimum absolute atomic E-state index is 0. The lowest BCUT2D eigenvalue weighted by Crippen LogP contribution is -2.54. The number of amides is 1. The maximum absolute atomic E-state index is 12.3. The molecule has 1 saturated heterocycles. The fourth-order valence-corrected chi connectivity index (χ4v) is 2.22. The number of ether oxygens (including phenoxy) is 1. The van der Waals surface area contributed by atoms with Gasteiger partial charge in [0.1, 0.15) is 5.54 Å². The second kappa shape index (κ2) is 6.87. The third-order valence-electron chi connectivity index (χ3n) is 3.60. The highest BCUT2D eigenvalue weighted by Crippen LogP contribution is 2.22. The van der Waals surface area contributed by atoms with Gasteiger partial charge in [0.2, 0.25) is 18.1 Å². The third-order valence-corrected chi connectivity index (χ3v) is 3.60. The van der Waals surface area contributed by atoms with Crippen molar-refractivity contribution in [1.82, 2.24) is 10.1 Å². The van der Waals surface area contributed by atoms with Crippen molar-refractivity contribution < 1.29 is 14.1 Å². The third kappa shape index (κ3) is 3.44. The van der Waals surface area contributed by atoms with Crippen LogP contribution in [0.3, 0.4) is 0 Å². The van der Waals surface area contributed by atoms with Gasteiger partial charge in [0.25, 0.3) is 0 Å². The number of nitrogens with zero attached hydrogens (tertiary/aromatic N) is 2. The number of aromatic nitrogens is 2. The van der Waals surface area contributed by atoms with E-state index in [9.17, 15) is 4.79 Å².